The second-order valence-electron chi connectivity index (χ2n) is 7.03. The van der Waals surface area contributed by atoms with E-state index in [2.05, 4.69) is 42.9 Å². The highest BCUT2D eigenvalue weighted by atomic mass is 127. The minimum atomic E-state index is 0. The average molecular weight is 497 g/mol. The van der Waals surface area contributed by atoms with Crippen molar-refractivity contribution in [1.82, 2.24) is 30.7 Å². The molecule has 0 saturated carbocycles. The molecule has 1 fully saturated rings. The molecule has 3 rings (SSSR count). The van der Waals surface area contributed by atoms with E-state index < -0.39 is 0 Å². The molecule has 28 heavy (non-hydrogen) atoms. The first-order valence-corrected chi connectivity index (χ1v) is 9.27. The Labute approximate surface area is 182 Å². The normalized spacial score (nSPS) is 16.8. The number of nitrogens with zero attached hydrogens (tertiary/aromatic N) is 4. The van der Waals surface area contributed by atoms with Crippen LogP contribution in [-0.2, 0) is 11.3 Å². The van der Waals surface area contributed by atoms with E-state index in [1.807, 2.05) is 30.9 Å². The van der Waals surface area contributed by atoms with Crippen molar-refractivity contribution >= 4 is 35.8 Å². The summed E-state index contributed by atoms with van der Waals surface area (Å²) in [7, 11) is 1.76. The van der Waals surface area contributed by atoms with E-state index in [9.17, 15) is 4.79 Å². The van der Waals surface area contributed by atoms with Gasteiger partial charge in [-0.1, -0.05) is 32.0 Å². The zero-order valence-corrected chi connectivity index (χ0v) is 18.8. The van der Waals surface area contributed by atoms with Crippen molar-refractivity contribution in [3.8, 4) is 11.4 Å². The molecule has 8 nitrogen and oxygen atoms in total. The fourth-order valence-corrected chi connectivity index (χ4v) is 3.19. The molecule has 2 aromatic rings. The maximum absolute atomic E-state index is 12.1. The van der Waals surface area contributed by atoms with E-state index in [1.54, 1.807) is 7.05 Å². The van der Waals surface area contributed by atoms with Gasteiger partial charge in [0, 0.05) is 44.2 Å². The Bertz CT molecular complexity index is 791. The van der Waals surface area contributed by atoms with Crippen LogP contribution in [0.1, 0.15) is 25.8 Å². The molecule has 1 aromatic heterocycles. The molecule has 0 aliphatic carbocycles. The number of nitrogens with one attached hydrogen (secondary N) is 3. The lowest BCUT2D eigenvalue weighted by atomic mass is 10.1. The van der Waals surface area contributed by atoms with Crippen molar-refractivity contribution in [2.75, 3.05) is 20.1 Å². The molecule has 0 bridgehead atoms. The van der Waals surface area contributed by atoms with Crippen LogP contribution in [0.15, 0.2) is 35.6 Å². The highest BCUT2D eigenvalue weighted by Gasteiger charge is 2.27. The molecule has 1 aromatic carbocycles. The number of aromatic amines is 1. The van der Waals surface area contributed by atoms with Crippen LogP contribution in [0.2, 0.25) is 0 Å². The zero-order chi connectivity index (χ0) is 19.2. The van der Waals surface area contributed by atoms with Crippen LogP contribution in [0, 0.1) is 5.92 Å². The number of hydrogen-bond acceptors (Lipinski definition) is 4. The third-order valence-corrected chi connectivity index (χ3v) is 4.63. The van der Waals surface area contributed by atoms with Crippen molar-refractivity contribution in [1.29, 1.82) is 0 Å². The SMILES string of the molecule is CN=C(NCc1cccc(-c2ncn[nH]2)c1)NC1CCN(C(=O)C(C)C)C1.I. The monoisotopic (exact) mass is 497 g/mol. The summed E-state index contributed by atoms with van der Waals surface area (Å²) in [6.45, 7) is 6.04. The van der Waals surface area contributed by atoms with E-state index in [-0.39, 0.29) is 41.8 Å². The van der Waals surface area contributed by atoms with Gasteiger partial charge in [-0.3, -0.25) is 14.9 Å². The molecule has 3 N–H and O–H groups in total. The van der Waals surface area contributed by atoms with Gasteiger partial charge in [0.25, 0.3) is 0 Å². The number of carbonyl (C=O) groups excluding carboxylic acids is 1. The third kappa shape index (κ3) is 5.66. The van der Waals surface area contributed by atoms with E-state index in [0.717, 1.165) is 42.4 Å². The van der Waals surface area contributed by atoms with Crippen molar-refractivity contribution in [3.05, 3.63) is 36.2 Å². The fraction of sp³-hybridized carbons (Fsp3) is 0.474. The van der Waals surface area contributed by atoms with Crippen LogP contribution < -0.4 is 10.6 Å². The summed E-state index contributed by atoms with van der Waals surface area (Å²) < 4.78 is 0. The Balaban J connectivity index is 0.00000280. The first-order chi connectivity index (χ1) is 13.1. The minimum Gasteiger partial charge on any atom is -0.352 e. The smallest absolute Gasteiger partial charge is 0.225 e. The largest absolute Gasteiger partial charge is 0.352 e. The molecule has 0 spiro atoms. The Hall–Kier alpha value is -2.17. The standard InChI is InChI=1S/C19H27N7O.HI/c1-13(2)18(27)26-8-7-16(11-26)24-19(20-3)21-10-14-5-4-6-15(9-14)17-22-12-23-25-17;/h4-6,9,12-13,16H,7-8,10-11H2,1-3H3,(H2,20,21,24)(H,22,23,25);1H. The van der Waals surface area contributed by atoms with Crippen molar-refractivity contribution in [3.63, 3.8) is 0 Å². The lowest BCUT2D eigenvalue weighted by Crippen LogP contribution is -2.45. The highest BCUT2D eigenvalue weighted by molar-refractivity contribution is 14.0. The molecule has 1 aliphatic rings. The van der Waals surface area contributed by atoms with E-state index in [1.165, 1.54) is 6.33 Å². The summed E-state index contributed by atoms with van der Waals surface area (Å²) in [4.78, 5) is 22.5. The minimum absolute atomic E-state index is 0. The first-order valence-electron chi connectivity index (χ1n) is 9.27. The maximum Gasteiger partial charge on any atom is 0.225 e. The third-order valence-electron chi connectivity index (χ3n) is 4.63. The van der Waals surface area contributed by atoms with Gasteiger partial charge in [0.15, 0.2) is 11.8 Å². The van der Waals surface area contributed by atoms with Crippen molar-refractivity contribution in [2.45, 2.75) is 32.9 Å². The predicted molar refractivity (Wildman–Crippen MR) is 120 cm³/mol. The number of carbonyl (C=O) groups is 1. The first kappa shape index (κ1) is 22.1. The van der Waals surface area contributed by atoms with Gasteiger partial charge < -0.3 is 15.5 Å². The highest BCUT2D eigenvalue weighted by Crippen LogP contribution is 2.15. The lowest BCUT2D eigenvalue weighted by molar-refractivity contribution is -0.133. The number of amides is 1. The molecule has 152 valence electrons. The lowest BCUT2D eigenvalue weighted by Gasteiger charge is -2.20. The number of hydrogen-bond donors (Lipinski definition) is 3. The second-order valence-corrected chi connectivity index (χ2v) is 7.03. The summed E-state index contributed by atoms with van der Waals surface area (Å²) in [5.41, 5.74) is 2.11. The summed E-state index contributed by atoms with van der Waals surface area (Å²) in [5.74, 6) is 1.74. The quantitative estimate of drug-likeness (QED) is 0.334. The zero-order valence-electron chi connectivity index (χ0n) is 16.5. The predicted octanol–water partition coefficient (Wildman–Crippen LogP) is 2.01. The molecule has 2 heterocycles. The van der Waals surface area contributed by atoms with Gasteiger partial charge in [-0.2, -0.15) is 5.10 Å². The molecule has 1 amide bonds. The molecule has 1 unspecified atom stereocenters. The van der Waals surface area contributed by atoms with Gasteiger partial charge in [-0.15, -0.1) is 24.0 Å². The van der Waals surface area contributed by atoms with Gasteiger partial charge in [0.05, 0.1) is 0 Å². The van der Waals surface area contributed by atoms with Crippen LogP contribution in [-0.4, -0.2) is 58.1 Å². The summed E-state index contributed by atoms with van der Waals surface area (Å²) in [6.07, 6.45) is 2.43. The van der Waals surface area contributed by atoms with Crippen molar-refractivity contribution in [2.24, 2.45) is 10.9 Å². The maximum atomic E-state index is 12.1. The van der Waals surface area contributed by atoms with Crippen molar-refractivity contribution < 1.29 is 4.79 Å². The number of H-pyrrole nitrogens is 1. The van der Waals surface area contributed by atoms with Crippen LogP contribution in [0.4, 0.5) is 0 Å². The Morgan fingerprint density at radius 2 is 2.25 bits per heavy atom. The molecular formula is C19H28IN7O. The van der Waals surface area contributed by atoms with Crippen LogP contribution in [0.3, 0.4) is 0 Å². The molecular weight excluding hydrogens is 469 g/mol. The van der Waals surface area contributed by atoms with E-state index in [0.29, 0.717) is 6.54 Å². The van der Waals surface area contributed by atoms with Crippen LogP contribution >= 0.6 is 24.0 Å². The number of rotatable bonds is 5. The summed E-state index contributed by atoms with van der Waals surface area (Å²) in [6, 6.07) is 8.34. The second kappa shape index (κ2) is 10.4. The Kier molecular flexibility index (Phi) is 8.21. The van der Waals surface area contributed by atoms with Crippen LogP contribution in [0.5, 0.6) is 0 Å². The molecule has 1 aliphatic heterocycles. The summed E-state index contributed by atoms with van der Waals surface area (Å²) in [5, 5.41) is 13.5. The topological polar surface area (TPSA) is 98.3 Å². The number of aromatic nitrogens is 3. The summed E-state index contributed by atoms with van der Waals surface area (Å²) >= 11 is 0. The number of guanidine groups is 1. The molecule has 1 atom stereocenters. The van der Waals surface area contributed by atoms with E-state index >= 15 is 0 Å². The number of halogens is 1. The average Bonchev–Trinajstić information content (AvgIpc) is 3.36. The number of aliphatic imine (C=N–C) groups is 1. The van der Waals surface area contributed by atoms with Gasteiger partial charge in [-0.25, -0.2) is 4.98 Å². The molecule has 9 heteroatoms. The number of likely N-dealkylation sites (tertiary alicyclic amines) is 1. The molecule has 1 saturated heterocycles. The number of benzene rings is 1. The Morgan fingerprint density at radius 1 is 1.43 bits per heavy atom. The Morgan fingerprint density at radius 3 is 2.93 bits per heavy atom. The molecule has 0 radical (unpaired) electrons. The van der Waals surface area contributed by atoms with E-state index in [4.69, 9.17) is 0 Å². The van der Waals surface area contributed by atoms with Gasteiger partial charge >= 0.3 is 0 Å². The van der Waals surface area contributed by atoms with Gasteiger partial charge in [0.2, 0.25) is 5.91 Å². The van der Waals surface area contributed by atoms with Gasteiger partial charge in [0.1, 0.15) is 6.33 Å². The van der Waals surface area contributed by atoms with Crippen LogP contribution in [0.25, 0.3) is 11.4 Å². The van der Waals surface area contributed by atoms with Gasteiger partial charge in [-0.05, 0) is 18.1 Å². The fourth-order valence-electron chi connectivity index (χ4n) is 3.19.